The van der Waals surface area contributed by atoms with Gasteiger partial charge in [-0.15, -0.1) is 0 Å². The van der Waals surface area contributed by atoms with Crippen LogP contribution in [0.5, 0.6) is 0 Å². The quantitative estimate of drug-likeness (QED) is 0.839. The van der Waals surface area contributed by atoms with Crippen LogP contribution in [0.15, 0.2) is 30.3 Å². The fraction of sp³-hybridized carbons (Fsp3) is 0.588. The SMILES string of the molecule is CC(C)(C)OC(=O)N1C[C@H]2CN(Cc3ccccc3)C[C@H]21. The summed E-state index contributed by atoms with van der Waals surface area (Å²) in [5.41, 5.74) is 0.924. The number of hydrogen-bond acceptors (Lipinski definition) is 3. The number of hydrogen-bond donors (Lipinski definition) is 0. The first-order valence-electron chi connectivity index (χ1n) is 7.68. The summed E-state index contributed by atoms with van der Waals surface area (Å²) in [6.07, 6.45) is -0.162. The second-order valence-corrected chi connectivity index (χ2v) is 7.14. The standard InChI is InChI=1S/C17H24N2O2/c1-17(2,3)21-16(20)19-11-14-10-18(12-15(14)19)9-13-7-5-4-6-8-13/h4-8,14-15H,9-12H2,1-3H3/t14-,15-/m1/s1. The van der Waals surface area contributed by atoms with Gasteiger partial charge in [-0.1, -0.05) is 30.3 Å². The molecule has 2 fully saturated rings. The molecule has 0 N–H and O–H groups in total. The molecule has 4 heteroatoms. The minimum Gasteiger partial charge on any atom is -0.444 e. The van der Waals surface area contributed by atoms with E-state index in [1.807, 2.05) is 31.7 Å². The Balaban J connectivity index is 1.54. The van der Waals surface area contributed by atoms with Crippen molar-refractivity contribution >= 4 is 6.09 Å². The van der Waals surface area contributed by atoms with E-state index in [2.05, 4.69) is 29.2 Å². The fourth-order valence-electron chi connectivity index (χ4n) is 3.23. The second-order valence-electron chi connectivity index (χ2n) is 7.14. The van der Waals surface area contributed by atoms with Crippen molar-refractivity contribution < 1.29 is 9.53 Å². The van der Waals surface area contributed by atoms with Crippen LogP contribution in [0, 0.1) is 5.92 Å². The first-order chi connectivity index (χ1) is 9.92. The van der Waals surface area contributed by atoms with E-state index in [1.54, 1.807) is 0 Å². The Hall–Kier alpha value is -1.55. The third kappa shape index (κ3) is 3.21. The van der Waals surface area contributed by atoms with Crippen LogP contribution in [0.3, 0.4) is 0 Å². The van der Waals surface area contributed by atoms with Crippen LogP contribution in [0.2, 0.25) is 0 Å². The van der Waals surface area contributed by atoms with Gasteiger partial charge in [-0.3, -0.25) is 4.90 Å². The Morgan fingerprint density at radius 2 is 1.90 bits per heavy atom. The molecule has 21 heavy (non-hydrogen) atoms. The summed E-state index contributed by atoms with van der Waals surface area (Å²) in [6, 6.07) is 10.8. The highest BCUT2D eigenvalue weighted by Crippen LogP contribution is 2.34. The van der Waals surface area contributed by atoms with Crippen LogP contribution in [0.4, 0.5) is 4.79 Å². The summed E-state index contributed by atoms with van der Waals surface area (Å²) in [7, 11) is 0. The van der Waals surface area contributed by atoms with Gasteiger partial charge >= 0.3 is 6.09 Å². The van der Waals surface area contributed by atoms with Gasteiger partial charge in [0, 0.05) is 32.1 Å². The highest BCUT2D eigenvalue weighted by Gasteiger charge is 2.48. The molecule has 2 saturated heterocycles. The van der Waals surface area contributed by atoms with Crippen molar-refractivity contribution in [2.75, 3.05) is 19.6 Å². The van der Waals surface area contributed by atoms with Gasteiger partial charge in [0.1, 0.15) is 5.60 Å². The average molecular weight is 288 g/mol. The summed E-state index contributed by atoms with van der Waals surface area (Å²) in [6.45, 7) is 9.59. The van der Waals surface area contributed by atoms with Gasteiger partial charge in [0.25, 0.3) is 0 Å². The smallest absolute Gasteiger partial charge is 0.410 e. The molecule has 1 aromatic rings. The zero-order chi connectivity index (χ0) is 15.0. The number of benzene rings is 1. The lowest BCUT2D eigenvalue weighted by molar-refractivity contribution is -0.0164. The van der Waals surface area contributed by atoms with Crippen LogP contribution in [0.1, 0.15) is 26.3 Å². The molecule has 0 bridgehead atoms. The number of fused-ring (bicyclic) bond motifs is 1. The molecule has 2 atom stereocenters. The Bertz CT molecular complexity index is 509. The number of carbonyl (C=O) groups excluding carboxylic acids is 1. The van der Waals surface area contributed by atoms with Crippen LogP contribution >= 0.6 is 0 Å². The minimum absolute atomic E-state index is 0.162. The monoisotopic (exact) mass is 288 g/mol. The Labute approximate surface area is 126 Å². The van der Waals surface area contributed by atoms with Crippen molar-refractivity contribution in [1.82, 2.24) is 9.80 Å². The van der Waals surface area contributed by atoms with E-state index in [0.717, 1.165) is 26.2 Å². The number of ether oxygens (including phenoxy) is 1. The van der Waals surface area contributed by atoms with Crippen LogP contribution in [0.25, 0.3) is 0 Å². The third-order valence-electron chi connectivity index (χ3n) is 4.19. The van der Waals surface area contributed by atoms with Gasteiger partial charge in [0.2, 0.25) is 0 Å². The van der Waals surface area contributed by atoms with Crippen molar-refractivity contribution in [2.45, 2.75) is 39.0 Å². The zero-order valence-electron chi connectivity index (χ0n) is 13.1. The molecule has 1 aromatic carbocycles. The lowest BCUT2D eigenvalue weighted by Crippen LogP contribution is -2.59. The lowest BCUT2D eigenvalue weighted by Gasteiger charge is -2.43. The van der Waals surface area contributed by atoms with Gasteiger partial charge in [-0.25, -0.2) is 4.79 Å². The fourth-order valence-corrected chi connectivity index (χ4v) is 3.23. The van der Waals surface area contributed by atoms with E-state index in [4.69, 9.17) is 4.74 Å². The van der Waals surface area contributed by atoms with E-state index in [-0.39, 0.29) is 6.09 Å². The third-order valence-corrected chi connectivity index (χ3v) is 4.19. The van der Waals surface area contributed by atoms with Gasteiger partial charge in [-0.2, -0.15) is 0 Å². The molecule has 0 spiro atoms. The first kappa shape index (κ1) is 14.4. The van der Waals surface area contributed by atoms with E-state index in [9.17, 15) is 4.79 Å². The maximum atomic E-state index is 12.1. The van der Waals surface area contributed by atoms with Crippen LogP contribution in [-0.4, -0.2) is 47.2 Å². The Morgan fingerprint density at radius 1 is 1.19 bits per heavy atom. The van der Waals surface area contributed by atoms with Crippen molar-refractivity contribution in [2.24, 2.45) is 5.92 Å². The molecule has 0 aliphatic carbocycles. The molecule has 2 aliphatic rings. The largest absolute Gasteiger partial charge is 0.444 e. The molecule has 0 unspecified atom stereocenters. The molecule has 2 aliphatic heterocycles. The van der Waals surface area contributed by atoms with Crippen molar-refractivity contribution in [1.29, 1.82) is 0 Å². The number of likely N-dealkylation sites (tertiary alicyclic amines) is 2. The lowest BCUT2D eigenvalue weighted by atomic mass is 9.93. The van der Waals surface area contributed by atoms with E-state index < -0.39 is 5.60 Å². The summed E-state index contributed by atoms with van der Waals surface area (Å²) < 4.78 is 5.47. The predicted molar refractivity (Wildman–Crippen MR) is 81.9 cm³/mol. The van der Waals surface area contributed by atoms with Crippen LogP contribution in [-0.2, 0) is 11.3 Å². The minimum atomic E-state index is -0.412. The van der Waals surface area contributed by atoms with Gasteiger partial charge < -0.3 is 9.64 Å². The summed E-state index contributed by atoms with van der Waals surface area (Å²) in [5, 5.41) is 0. The molecular weight excluding hydrogens is 264 g/mol. The van der Waals surface area contributed by atoms with E-state index in [1.165, 1.54) is 5.56 Å². The molecule has 0 aromatic heterocycles. The van der Waals surface area contributed by atoms with Gasteiger partial charge in [0.15, 0.2) is 0 Å². The highest BCUT2D eigenvalue weighted by molar-refractivity contribution is 5.70. The second kappa shape index (κ2) is 5.34. The zero-order valence-corrected chi connectivity index (χ0v) is 13.1. The summed E-state index contributed by atoms with van der Waals surface area (Å²) in [5.74, 6) is 0.612. The molecule has 114 valence electrons. The maximum absolute atomic E-state index is 12.1. The van der Waals surface area contributed by atoms with E-state index >= 15 is 0 Å². The normalized spacial score (nSPS) is 25.4. The van der Waals surface area contributed by atoms with E-state index in [0.29, 0.717) is 12.0 Å². The number of nitrogens with zero attached hydrogens (tertiary/aromatic N) is 2. The van der Waals surface area contributed by atoms with Crippen molar-refractivity contribution in [3.63, 3.8) is 0 Å². The number of carbonyl (C=O) groups is 1. The molecule has 3 rings (SSSR count). The average Bonchev–Trinajstić information content (AvgIpc) is 2.66. The molecule has 1 amide bonds. The van der Waals surface area contributed by atoms with Crippen molar-refractivity contribution in [3.8, 4) is 0 Å². The summed E-state index contributed by atoms with van der Waals surface area (Å²) >= 11 is 0. The van der Waals surface area contributed by atoms with Gasteiger partial charge in [0.05, 0.1) is 6.04 Å². The Morgan fingerprint density at radius 3 is 2.57 bits per heavy atom. The van der Waals surface area contributed by atoms with Crippen LogP contribution < -0.4 is 0 Å². The molecule has 0 saturated carbocycles. The molecule has 0 radical (unpaired) electrons. The first-order valence-corrected chi connectivity index (χ1v) is 7.68. The Kier molecular flexibility index (Phi) is 3.66. The predicted octanol–water partition coefficient (Wildman–Crippen LogP) is 2.74. The molecule has 2 heterocycles. The topological polar surface area (TPSA) is 32.8 Å². The highest BCUT2D eigenvalue weighted by atomic mass is 16.6. The van der Waals surface area contributed by atoms with Crippen molar-refractivity contribution in [3.05, 3.63) is 35.9 Å². The summed E-state index contributed by atoms with van der Waals surface area (Å²) in [4.78, 5) is 16.5. The molecule has 4 nitrogen and oxygen atoms in total. The number of amides is 1. The maximum Gasteiger partial charge on any atom is 0.410 e. The number of rotatable bonds is 2. The molecular formula is C17H24N2O2. The van der Waals surface area contributed by atoms with Gasteiger partial charge in [-0.05, 0) is 26.3 Å².